The second-order valence-electron chi connectivity index (χ2n) is 5.53. The van der Waals surface area contributed by atoms with E-state index < -0.39 is 0 Å². The molecule has 2 fully saturated rings. The lowest BCUT2D eigenvalue weighted by Crippen LogP contribution is -2.41. The molecule has 2 nitrogen and oxygen atoms in total. The number of benzene rings is 1. The maximum absolute atomic E-state index is 6.05. The third-order valence-electron chi connectivity index (χ3n) is 4.04. The highest BCUT2D eigenvalue weighted by atomic mass is 16.5. The molecule has 3 atom stereocenters. The lowest BCUT2D eigenvalue weighted by atomic mass is 10.0. The lowest BCUT2D eigenvalue weighted by Gasteiger charge is -2.29. The fraction of sp³-hybridized carbons (Fsp3) is 0.600. The number of nitrogens with one attached hydrogen (secondary N) is 1. The van der Waals surface area contributed by atoms with E-state index in [-0.39, 0.29) is 0 Å². The van der Waals surface area contributed by atoms with Crippen molar-refractivity contribution in [1.29, 1.82) is 0 Å². The van der Waals surface area contributed by atoms with Gasteiger partial charge in [-0.15, -0.1) is 0 Å². The molecule has 2 aliphatic heterocycles. The highest BCUT2D eigenvalue weighted by Crippen LogP contribution is 2.28. The second-order valence-corrected chi connectivity index (χ2v) is 5.53. The normalized spacial score (nSPS) is 31.7. The van der Waals surface area contributed by atoms with Gasteiger partial charge < -0.3 is 10.1 Å². The summed E-state index contributed by atoms with van der Waals surface area (Å²) in [5.41, 5.74) is 2.61. The van der Waals surface area contributed by atoms with Crippen LogP contribution in [-0.4, -0.2) is 18.2 Å². The average Bonchev–Trinajstić information content (AvgIpc) is 2.68. The molecule has 2 saturated heterocycles. The van der Waals surface area contributed by atoms with Crippen molar-refractivity contribution < 1.29 is 4.74 Å². The third-order valence-corrected chi connectivity index (χ3v) is 4.04. The van der Waals surface area contributed by atoms with Crippen LogP contribution in [0.1, 0.15) is 36.8 Å². The first-order valence-corrected chi connectivity index (χ1v) is 6.73. The molecule has 1 unspecified atom stereocenters. The number of aryl methyl sites for hydroxylation is 1. The Morgan fingerprint density at radius 1 is 1.12 bits per heavy atom. The van der Waals surface area contributed by atoms with Crippen molar-refractivity contribution in [3.05, 3.63) is 35.4 Å². The minimum Gasteiger partial charge on any atom is -0.373 e. The Bertz CT molecular complexity index is 361. The van der Waals surface area contributed by atoms with Crippen molar-refractivity contribution >= 4 is 0 Å². The molecule has 1 aromatic rings. The topological polar surface area (TPSA) is 21.3 Å². The Balaban J connectivity index is 1.52. The van der Waals surface area contributed by atoms with E-state index in [0.29, 0.717) is 6.10 Å². The summed E-state index contributed by atoms with van der Waals surface area (Å²) in [6, 6.07) is 10.1. The SMILES string of the molecule is Cc1ccc(COC2C[C@H]3CC[C@@H](C2)N3)cc1. The van der Waals surface area contributed by atoms with E-state index in [2.05, 4.69) is 36.5 Å². The van der Waals surface area contributed by atoms with Crippen LogP contribution in [0.2, 0.25) is 0 Å². The van der Waals surface area contributed by atoms with Crippen LogP contribution in [0.4, 0.5) is 0 Å². The average molecular weight is 231 g/mol. The highest BCUT2D eigenvalue weighted by Gasteiger charge is 2.33. The quantitative estimate of drug-likeness (QED) is 0.863. The van der Waals surface area contributed by atoms with Gasteiger partial charge in [0.05, 0.1) is 12.7 Å². The van der Waals surface area contributed by atoms with E-state index in [9.17, 15) is 0 Å². The van der Waals surface area contributed by atoms with Gasteiger partial charge in [-0.1, -0.05) is 29.8 Å². The van der Waals surface area contributed by atoms with Gasteiger partial charge in [0.2, 0.25) is 0 Å². The van der Waals surface area contributed by atoms with E-state index in [1.807, 2.05) is 0 Å². The van der Waals surface area contributed by atoms with E-state index in [4.69, 9.17) is 4.74 Å². The van der Waals surface area contributed by atoms with Crippen LogP contribution in [0, 0.1) is 6.92 Å². The lowest BCUT2D eigenvalue weighted by molar-refractivity contribution is 0.00917. The fourth-order valence-corrected chi connectivity index (χ4v) is 3.04. The van der Waals surface area contributed by atoms with E-state index in [1.165, 1.54) is 36.8 Å². The largest absolute Gasteiger partial charge is 0.373 e. The molecule has 0 aliphatic carbocycles. The standard InChI is InChI=1S/C15H21NO/c1-11-2-4-12(5-3-11)10-17-15-8-13-6-7-14(9-15)16-13/h2-5,13-16H,6-10H2,1H3/t13-,14+,15?. The number of rotatable bonds is 3. The molecule has 2 heterocycles. The van der Waals surface area contributed by atoms with Gasteiger partial charge in [0.15, 0.2) is 0 Å². The molecule has 92 valence electrons. The van der Waals surface area contributed by atoms with Crippen LogP contribution in [0.5, 0.6) is 0 Å². The maximum atomic E-state index is 6.05. The Kier molecular flexibility index (Phi) is 3.17. The predicted octanol–water partition coefficient (Wildman–Crippen LogP) is 2.79. The van der Waals surface area contributed by atoms with E-state index in [1.54, 1.807) is 0 Å². The monoisotopic (exact) mass is 231 g/mol. The van der Waals surface area contributed by atoms with Gasteiger partial charge in [-0.05, 0) is 38.2 Å². The van der Waals surface area contributed by atoms with Crippen LogP contribution in [0.15, 0.2) is 24.3 Å². The summed E-state index contributed by atoms with van der Waals surface area (Å²) in [5.74, 6) is 0. The second kappa shape index (κ2) is 4.79. The van der Waals surface area contributed by atoms with Crippen molar-refractivity contribution in [1.82, 2.24) is 5.32 Å². The molecule has 1 N–H and O–H groups in total. The molecule has 2 heteroatoms. The molecule has 0 saturated carbocycles. The van der Waals surface area contributed by atoms with E-state index in [0.717, 1.165) is 18.7 Å². The van der Waals surface area contributed by atoms with Crippen molar-refractivity contribution in [3.8, 4) is 0 Å². The van der Waals surface area contributed by atoms with Gasteiger partial charge >= 0.3 is 0 Å². The Morgan fingerprint density at radius 3 is 2.41 bits per heavy atom. The summed E-state index contributed by atoms with van der Waals surface area (Å²) < 4.78 is 6.05. The summed E-state index contributed by atoms with van der Waals surface area (Å²) in [7, 11) is 0. The number of fused-ring (bicyclic) bond motifs is 2. The molecule has 0 amide bonds. The predicted molar refractivity (Wildman–Crippen MR) is 68.9 cm³/mol. The first-order chi connectivity index (χ1) is 8.29. The number of ether oxygens (including phenoxy) is 1. The van der Waals surface area contributed by atoms with Crippen LogP contribution >= 0.6 is 0 Å². The zero-order chi connectivity index (χ0) is 11.7. The van der Waals surface area contributed by atoms with Crippen LogP contribution in [0.3, 0.4) is 0 Å². The summed E-state index contributed by atoms with van der Waals surface area (Å²) in [4.78, 5) is 0. The third kappa shape index (κ3) is 2.70. The molecule has 0 spiro atoms. The van der Waals surface area contributed by atoms with Gasteiger partial charge in [-0.25, -0.2) is 0 Å². The first-order valence-electron chi connectivity index (χ1n) is 6.73. The van der Waals surface area contributed by atoms with Gasteiger partial charge in [-0.2, -0.15) is 0 Å². The van der Waals surface area contributed by atoms with E-state index >= 15 is 0 Å². The van der Waals surface area contributed by atoms with Gasteiger partial charge in [0.25, 0.3) is 0 Å². The highest BCUT2D eigenvalue weighted by molar-refractivity contribution is 5.20. The van der Waals surface area contributed by atoms with Gasteiger partial charge in [-0.3, -0.25) is 0 Å². The van der Waals surface area contributed by atoms with Crippen LogP contribution in [0.25, 0.3) is 0 Å². The molecule has 17 heavy (non-hydrogen) atoms. The first kappa shape index (κ1) is 11.2. The maximum Gasteiger partial charge on any atom is 0.0720 e. The molecule has 2 bridgehead atoms. The van der Waals surface area contributed by atoms with Crippen molar-refractivity contribution in [3.63, 3.8) is 0 Å². The van der Waals surface area contributed by atoms with Gasteiger partial charge in [0, 0.05) is 12.1 Å². The summed E-state index contributed by atoms with van der Waals surface area (Å²) in [6.07, 6.45) is 5.55. The van der Waals surface area contributed by atoms with Crippen molar-refractivity contribution in [2.45, 2.75) is 57.4 Å². The summed E-state index contributed by atoms with van der Waals surface area (Å²) in [5, 5.41) is 3.65. The molecule has 2 aliphatic rings. The van der Waals surface area contributed by atoms with Gasteiger partial charge in [0.1, 0.15) is 0 Å². The fourth-order valence-electron chi connectivity index (χ4n) is 3.04. The number of hydrogen-bond donors (Lipinski definition) is 1. The Hall–Kier alpha value is -0.860. The van der Waals surface area contributed by atoms with Crippen LogP contribution in [-0.2, 0) is 11.3 Å². The summed E-state index contributed by atoms with van der Waals surface area (Å²) >= 11 is 0. The molecule has 0 radical (unpaired) electrons. The molecule has 1 aromatic carbocycles. The van der Waals surface area contributed by atoms with Crippen molar-refractivity contribution in [2.75, 3.05) is 0 Å². The minimum atomic E-state index is 0.468. The minimum absolute atomic E-state index is 0.468. The summed E-state index contributed by atoms with van der Waals surface area (Å²) in [6.45, 7) is 2.89. The molecular weight excluding hydrogens is 210 g/mol. The molecular formula is C15H21NO. The molecule has 3 rings (SSSR count). The smallest absolute Gasteiger partial charge is 0.0720 e. The number of hydrogen-bond acceptors (Lipinski definition) is 2. The zero-order valence-corrected chi connectivity index (χ0v) is 10.5. The zero-order valence-electron chi connectivity index (χ0n) is 10.5. The number of piperidine rings is 1. The van der Waals surface area contributed by atoms with Crippen molar-refractivity contribution in [2.24, 2.45) is 0 Å². The Morgan fingerprint density at radius 2 is 1.76 bits per heavy atom. The Labute approximate surface area is 103 Å². The van der Waals surface area contributed by atoms with Crippen LogP contribution < -0.4 is 5.32 Å². The molecule has 0 aromatic heterocycles.